The minimum absolute atomic E-state index is 0.106. The molecule has 1 N–H and O–H groups in total. The lowest BCUT2D eigenvalue weighted by Crippen LogP contribution is -2.47. The van der Waals surface area contributed by atoms with Crippen LogP contribution in [0.5, 0.6) is 0 Å². The van der Waals surface area contributed by atoms with Crippen LogP contribution in [-0.4, -0.2) is 41.6 Å². The lowest BCUT2D eigenvalue weighted by atomic mass is 9.97. The van der Waals surface area contributed by atoms with E-state index >= 15 is 0 Å². The number of amides is 1. The Labute approximate surface area is 156 Å². The summed E-state index contributed by atoms with van der Waals surface area (Å²) in [5.74, 6) is -0.653. The Morgan fingerprint density at radius 2 is 2.00 bits per heavy atom. The zero-order valence-electron chi connectivity index (χ0n) is 13.2. The molecule has 1 saturated heterocycles. The van der Waals surface area contributed by atoms with E-state index in [2.05, 4.69) is 5.32 Å². The smallest absolute Gasteiger partial charge is 0.309 e. The van der Waals surface area contributed by atoms with Crippen molar-refractivity contribution in [2.75, 3.05) is 19.7 Å². The van der Waals surface area contributed by atoms with Crippen LogP contribution in [0.2, 0.25) is 10.0 Å². The number of carbonyl (C=O) groups excluding carboxylic acids is 2. The third-order valence-electron chi connectivity index (χ3n) is 3.80. The van der Waals surface area contributed by atoms with Crippen LogP contribution < -0.4 is 5.32 Å². The molecule has 8 heteroatoms. The quantitative estimate of drug-likeness (QED) is 0.635. The fourth-order valence-corrected chi connectivity index (χ4v) is 3.27. The molecule has 0 spiro atoms. The van der Waals surface area contributed by atoms with E-state index in [0.717, 1.165) is 0 Å². The molecule has 2 rings (SSSR count). The molecule has 0 aromatic heterocycles. The molecule has 1 aromatic rings. The van der Waals surface area contributed by atoms with Gasteiger partial charge in [-0.05, 0) is 50.2 Å². The topological polar surface area (TPSA) is 58.6 Å². The van der Waals surface area contributed by atoms with Gasteiger partial charge in [-0.3, -0.25) is 14.9 Å². The Hall–Kier alpha value is -1.37. The first-order chi connectivity index (χ1) is 11.4. The highest BCUT2D eigenvalue weighted by molar-refractivity contribution is 7.80. The molecular weight excluding hydrogens is 371 g/mol. The van der Waals surface area contributed by atoms with Crippen LogP contribution in [-0.2, 0) is 9.53 Å². The monoisotopic (exact) mass is 388 g/mol. The fourth-order valence-electron chi connectivity index (χ4n) is 2.50. The SMILES string of the molecule is CCOC(=O)C1CCN(C(=S)NC(=O)c2ccc(Cl)cc2Cl)CC1. The van der Waals surface area contributed by atoms with Gasteiger partial charge in [0.25, 0.3) is 5.91 Å². The van der Waals surface area contributed by atoms with E-state index < -0.39 is 0 Å². The highest BCUT2D eigenvalue weighted by Gasteiger charge is 2.27. The average Bonchev–Trinajstić information content (AvgIpc) is 2.55. The van der Waals surface area contributed by atoms with Crippen molar-refractivity contribution in [3.05, 3.63) is 33.8 Å². The number of thiocarbonyl (C=S) groups is 1. The van der Waals surface area contributed by atoms with Crippen LogP contribution in [0, 0.1) is 5.92 Å². The lowest BCUT2D eigenvalue weighted by molar-refractivity contribution is -0.149. The van der Waals surface area contributed by atoms with E-state index in [4.69, 9.17) is 40.2 Å². The minimum Gasteiger partial charge on any atom is -0.466 e. The summed E-state index contributed by atoms with van der Waals surface area (Å²) >= 11 is 17.1. The van der Waals surface area contributed by atoms with Crippen molar-refractivity contribution < 1.29 is 14.3 Å². The minimum atomic E-state index is -0.380. The van der Waals surface area contributed by atoms with E-state index in [-0.39, 0.29) is 22.8 Å². The molecule has 24 heavy (non-hydrogen) atoms. The van der Waals surface area contributed by atoms with Gasteiger partial charge in [0, 0.05) is 18.1 Å². The summed E-state index contributed by atoms with van der Waals surface area (Å²) in [6.45, 7) is 3.36. The van der Waals surface area contributed by atoms with Crippen LogP contribution in [0.15, 0.2) is 18.2 Å². The van der Waals surface area contributed by atoms with Crippen molar-refractivity contribution in [2.24, 2.45) is 5.92 Å². The van der Waals surface area contributed by atoms with Crippen molar-refractivity contribution in [3.63, 3.8) is 0 Å². The van der Waals surface area contributed by atoms with Crippen LogP contribution in [0.25, 0.3) is 0 Å². The molecule has 0 aliphatic carbocycles. The Bertz CT molecular complexity index is 646. The van der Waals surface area contributed by atoms with E-state index in [9.17, 15) is 9.59 Å². The maximum Gasteiger partial charge on any atom is 0.309 e. The second kappa shape index (κ2) is 8.65. The molecule has 0 atom stereocenters. The summed E-state index contributed by atoms with van der Waals surface area (Å²) in [6.07, 6.45) is 1.30. The van der Waals surface area contributed by atoms with Gasteiger partial charge in [-0.25, -0.2) is 0 Å². The molecule has 0 saturated carbocycles. The summed E-state index contributed by atoms with van der Waals surface area (Å²) < 4.78 is 5.04. The van der Waals surface area contributed by atoms with Gasteiger partial charge in [-0.1, -0.05) is 23.2 Å². The second-order valence-electron chi connectivity index (χ2n) is 5.40. The summed E-state index contributed by atoms with van der Waals surface area (Å²) in [5.41, 5.74) is 0.310. The van der Waals surface area contributed by atoms with Gasteiger partial charge in [-0.15, -0.1) is 0 Å². The first-order valence-electron chi connectivity index (χ1n) is 7.64. The maximum atomic E-state index is 12.3. The van der Waals surface area contributed by atoms with Crippen molar-refractivity contribution in [3.8, 4) is 0 Å². The number of hydrogen-bond donors (Lipinski definition) is 1. The summed E-state index contributed by atoms with van der Waals surface area (Å²) in [4.78, 5) is 25.9. The highest BCUT2D eigenvalue weighted by Crippen LogP contribution is 2.22. The molecular formula is C16H18Cl2N2O3S. The number of piperidine rings is 1. The number of benzene rings is 1. The molecule has 0 radical (unpaired) electrons. The Morgan fingerprint density at radius 1 is 1.33 bits per heavy atom. The van der Waals surface area contributed by atoms with E-state index in [1.54, 1.807) is 19.1 Å². The number of esters is 1. The predicted molar refractivity (Wildman–Crippen MR) is 97.5 cm³/mol. The Kier molecular flexibility index (Phi) is 6.83. The zero-order chi connectivity index (χ0) is 17.7. The van der Waals surface area contributed by atoms with Gasteiger partial charge in [0.05, 0.1) is 23.1 Å². The second-order valence-corrected chi connectivity index (χ2v) is 6.63. The molecule has 0 bridgehead atoms. The Morgan fingerprint density at radius 3 is 2.58 bits per heavy atom. The van der Waals surface area contributed by atoms with Crippen molar-refractivity contribution in [2.45, 2.75) is 19.8 Å². The van der Waals surface area contributed by atoms with Crippen LogP contribution >= 0.6 is 35.4 Å². The molecule has 1 aliphatic rings. The lowest BCUT2D eigenvalue weighted by Gasteiger charge is -2.32. The molecule has 1 fully saturated rings. The number of likely N-dealkylation sites (tertiary alicyclic amines) is 1. The number of carbonyl (C=O) groups is 2. The van der Waals surface area contributed by atoms with Crippen LogP contribution in [0.4, 0.5) is 0 Å². The molecule has 1 aromatic carbocycles. The van der Waals surface area contributed by atoms with Gasteiger partial charge in [0.2, 0.25) is 0 Å². The normalized spacial score (nSPS) is 15.0. The first kappa shape index (κ1) is 19.0. The van der Waals surface area contributed by atoms with Gasteiger partial charge in [-0.2, -0.15) is 0 Å². The van der Waals surface area contributed by atoms with Gasteiger partial charge in [0.1, 0.15) is 0 Å². The van der Waals surface area contributed by atoms with Crippen molar-refractivity contribution in [1.82, 2.24) is 10.2 Å². The first-order valence-corrected chi connectivity index (χ1v) is 8.80. The largest absolute Gasteiger partial charge is 0.466 e. The zero-order valence-corrected chi connectivity index (χ0v) is 15.5. The summed E-state index contributed by atoms with van der Waals surface area (Å²) in [7, 11) is 0. The number of halogens is 2. The summed E-state index contributed by atoms with van der Waals surface area (Å²) in [6, 6.07) is 4.65. The van der Waals surface area contributed by atoms with Crippen molar-refractivity contribution in [1.29, 1.82) is 0 Å². The third-order valence-corrected chi connectivity index (χ3v) is 4.71. The average molecular weight is 389 g/mol. The fraction of sp³-hybridized carbons (Fsp3) is 0.438. The van der Waals surface area contributed by atoms with E-state index in [1.807, 2.05) is 4.90 Å². The van der Waals surface area contributed by atoms with Crippen LogP contribution in [0.3, 0.4) is 0 Å². The van der Waals surface area contributed by atoms with E-state index in [1.165, 1.54) is 6.07 Å². The number of rotatable bonds is 3. The molecule has 1 amide bonds. The summed E-state index contributed by atoms with van der Waals surface area (Å²) in [5, 5.41) is 3.72. The molecule has 130 valence electrons. The number of nitrogens with zero attached hydrogens (tertiary/aromatic N) is 1. The molecule has 5 nitrogen and oxygen atoms in total. The number of ether oxygens (including phenoxy) is 1. The standard InChI is InChI=1S/C16H18Cl2N2O3S/c1-2-23-15(22)10-5-7-20(8-6-10)16(24)19-14(21)12-4-3-11(17)9-13(12)18/h3-4,9-10H,2,5-8H2,1H3,(H,19,21,24). The number of nitrogens with one attached hydrogen (secondary N) is 1. The molecule has 1 heterocycles. The Balaban J connectivity index is 1.89. The molecule has 0 unspecified atom stereocenters. The van der Waals surface area contributed by atoms with Crippen LogP contribution in [0.1, 0.15) is 30.1 Å². The van der Waals surface area contributed by atoms with E-state index in [0.29, 0.717) is 48.2 Å². The number of hydrogen-bond acceptors (Lipinski definition) is 4. The predicted octanol–water partition coefficient (Wildman–Crippen LogP) is 3.28. The van der Waals surface area contributed by atoms with Crippen molar-refractivity contribution >= 4 is 52.4 Å². The van der Waals surface area contributed by atoms with Gasteiger partial charge < -0.3 is 9.64 Å². The third kappa shape index (κ3) is 4.82. The molecule has 1 aliphatic heterocycles. The maximum absolute atomic E-state index is 12.3. The van der Waals surface area contributed by atoms with Gasteiger partial charge in [0.15, 0.2) is 5.11 Å². The highest BCUT2D eigenvalue weighted by atomic mass is 35.5. The van der Waals surface area contributed by atoms with Gasteiger partial charge >= 0.3 is 5.97 Å².